The molecule has 0 atom stereocenters. The molecule has 0 fully saturated rings. The number of aromatic hydroxyl groups is 1. The number of phenols is 1. The third-order valence-corrected chi connectivity index (χ3v) is 3.64. The van der Waals surface area contributed by atoms with Crippen molar-refractivity contribution in [3.63, 3.8) is 0 Å². The predicted molar refractivity (Wildman–Crippen MR) is 85.6 cm³/mol. The molecule has 0 aliphatic carbocycles. The zero-order valence-electron chi connectivity index (χ0n) is 12.7. The quantitative estimate of drug-likeness (QED) is 0.528. The number of nitro benzene ring substituents is 1. The zero-order chi connectivity index (χ0) is 17.3. The summed E-state index contributed by atoms with van der Waals surface area (Å²) in [4.78, 5) is 23.1. The van der Waals surface area contributed by atoms with Gasteiger partial charge >= 0.3 is 0 Å². The normalized spacial score (nSPS) is 14.9. The van der Waals surface area contributed by atoms with Crippen LogP contribution in [0.2, 0.25) is 0 Å². The van der Waals surface area contributed by atoms with E-state index in [2.05, 4.69) is 0 Å². The number of nitro groups is 1. The van der Waals surface area contributed by atoms with Gasteiger partial charge in [0.05, 0.1) is 23.2 Å². The van der Waals surface area contributed by atoms with Gasteiger partial charge in [0.15, 0.2) is 5.78 Å². The van der Waals surface area contributed by atoms with Crippen LogP contribution in [0.1, 0.15) is 15.9 Å². The lowest BCUT2D eigenvalue weighted by Crippen LogP contribution is -2.19. The minimum Gasteiger partial charge on any atom is -0.508 e. The monoisotopic (exact) mass is 327 g/mol. The first-order chi connectivity index (χ1) is 11.5. The van der Waals surface area contributed by atoms with Crippen molar-refractivity contribution in [3.05, 3.63) is 63.2 Å². The van der Waals surface area contributed by atoms with E-state index >= 15 is 0 Å². The summed E-state index contributed by atoms with van der Waals surface area (Å²) >= 11 is 0. The van der Waals surface area contributed by atoms with Crippen molar-refractivity contribution in [1.82, 2.24) is 0 Å². The van der Waals surface area contributed by atoms with Crippen LogP contribution >= 0.6 is 0 Å². The molecule has 2 aromatic carbocycles. The number of fused-ring (bicyclic) bond motifs is 1. The Morgan fingerprint density at radius 1 is 1.29 bits per heavy atom. The van der Waals surface area contributed by atoms with Crippen LogP contribution in [0.25, 0.3) is 6.08 Å². The molecule has 1 heterocycles. The molecule has 122 valence electrons. The molecular formula is C17H13NO6. The standard InChI is InChI=1S/C17H13NO6/c1-23-13-3-5-16-14(8-13)17(20)11(9-24-16)6-10-7-12(19)2-4-15(10)18(21)22/h2-8,19H,9H2,1H3. The first kappa shape index (κ1) is 15.5. The highest BCUT2D eigenvalue weighted by Gasteiger charge is 2.25. The van der Waals surface area contributed by atoms with Gasteiger partial charge in [0, 0.05) is 11.6 Å². The van der Waals surface area contributed by atoms with E-state index in [4.69, 9.17) is 9.47 Å². The summed E-state index contributed by atoms with van der Waals surface area (Å²) in [7, 11) is 1.49. The molecule has 1 aliphatic heterocycles. The van der Waals surface area contributed by atoms with E-state index in [0.717, 1.165) is 0 Å². The summed E-state index contributed by atoms with van der Waals surface area (Å²) in [6, 6.07) is 8.52. The Morgan fingerprint density at radius 2 is 2.08 bits per heavy atom. The van der Waals surface area contributed by atoms with Crippen LogP contribution in [0.3, 0.4) is 0 Å². The summed E-state index contributed by atoms with van der Waals surface area (Å²) in [5, 5.41) is 20.7. The fraction of sp³-hybridized carbons (Fsp3) is 0.118. The Kier molecular flexibility index (Phi) is 3.91. The molecule has 0 radical (unpaired) electrons. The average Bonchev–Trinajstić information content (AvgIpc) is 2.57. The van der Waals surface area contributed by atoms with Crippen LogP contribution in [-0.2, 0) is 0 Å². The lowest BCUT2D eigenvalue weighted by atomic mass is 9.97. The minimum atomic E-state index is -0.572. The second kappa shape index (κ2) is 6.04. The molecule has 3 rings (SSSR count). The van der Waals surface area contributed by atoms with E-state index in [1.165, 1.54) is 31.4 Å². The van der Waals surface area contributed by atoms with Crippen LogP contribution in [0.5, 0.6) is 17.2 Å². The molecule has 7 nitrogen and oxygen atoms in total. The van der Waals surface area contributed by atoms with Crippen molar-refractivity contribution < 1.29 is 24.3 Å². The number of ether oxygens (including phenoxy) is 2. The predicted octanol–water partition coefficient (Wildman–Crippen LogP) is 2.97. The first-order valence-electron chi connectivity index (χ1n) is 7.03. The molecule has 1 aliphatic rings. The van der Waals surface area contributed by atoms with Gasteiger partial charge in [0.25, 0.3) is 5.69 Å². The third-order valence-electron chi connectivity index (χ3n) is 3.64. The highest BCUT2D eigenvalue weighted by Crippen LogP contribution is 2.32. The van der Waals surface area contributed by atoms with Gasteiger partial charge in [-0.05, 0) is 36.4 Å². The number of ketones is 1. The molecule has 24 heavy (non-hydrogen) atoms. The van der Waals surface area contributed by atoms with E-state index < -0.39 is 4.92 Å². The smallest absolute Gasteiger partial charge is 0.276 e. The van der Waals surface area contributed by atoms with E-state index in [0.29, 0.717) is 17.1 Å². The second-order valence-corrected chi connectivity index (χ2v) is 5.15. The SMILES string of the molecule is COc1ccc2c(c1)C(=O)C(=Cc1cc(O)ccc1[N+](=O)[O-])CO2. The number of Topliss-reactive ketones (excluding diaryl/α,β-unsaturated/α-hetero) is 1. The Balaban J connectivity index is 2.05. The lowest BCUT2D eigenvalue weighted by molar-refractivity contribution is -0.385. The Labute approximate surface area is 136 Å². The second-order valence-electron chi connectivity index (χ2n) is 5.15. The summed E-state index contributed by atoms with van der Waals surface area (Å²) in [5.74, 6) is 0.519. The molecule has 2 aromatic rings. The van der Waals surface area contributed by atoms with Gasteiger partial charge < -0.3 is 14.6 Å². The van der Waals surface area contributed by atoms with Crippen molar-refractivity contribution in [2.45, 2.75) is 0 Å². The topological polar surface area (TPSA) is 98.9 Å². The maximum absolute atomic E-state index is 12.6. The van der Waals surface area contributed by atoms with Gasteiger partial charge in [-0.25, -0.2) is 0 Å². The number of methoxy groups -OCH3 is 1. The van der Waals surface area contributed by atoms with E-state index in [1.807, 2.05) is 0 Å². The Bertz CT molecular complexity index is 871. The lowest BCUT2D eigenvalue weighted by Gasteiger charge is -2.19. The van der Waals surface area contributed by atoms with Gasteiger partial charge in [-0.2, -0.15) is 0 Å². The van der Waals surface area contributed by atoms with Crippen LogP contribution in [0.4, 0.5) is 5.69 Å². The molecule has 0 saturated carbocycles. The molecular weight excluding hydrogens is 314 g/mol. The number of rotatable bonds is 3. The number of nitrogens with zero attached hydrogens (tertiary/aromatic N) is 1. The maximum atomic E-state index is 12.6. The number of carbonyl (C=O) groups excluding carboxylic acids is 1. The molecule has 0 unspecified atom stereocenters. The molecule has 0 spiro atoms. The van der Waals surface area contributed by atoms with Crippen molar-refractivity contribution in [3.8, 4) is 17.2 Å². The fourth-order valence-corrected chi connectivity index (χ4v) is 2.45. The minimum absolute atomic E-state index is 0.00896. The van der Waals surface area contributed by atoms with E-state index in [9.17, 15) is 20.0 Å². The van der Waals surface area contributed by atoms with Gasteiger partial charge in [0.2, 0.25) is 0 Å². The summed E-state index contributed by atoms with van der Waals surface area (Å²) in [6.07, 6.45) is 1.36. The molecule has 0 amide bonds. The van der Waals surface area contributed by atoms with Crippen LogP contribution in [0, 0.1) is 10.1 Å². The highest BCUT2D eigenvalue weighted by atomic mass is 16.6. The summed E-state index contributed by atoms with van der Waals surface area (Å²) in [5.41, 5.74) is 0.516. The van der Waals surface area contributed by atoms with Gasteiger partial charge in [-0.15, -0.1) is 0 Å². The first-order valence-corrected chi connectivity index (χ1v) is 7.03. The summed E-state index contributed by atoms with van der Waals surface area (Å²) < 4.78 is 10.6. The number of carbonyl (C=O) groups is 1. The number of hydrogen-bond donors (Lipinski definition) is 1. The van der Waals surface area contributed by atoms with E-state index in [-0.39, 0.29) is 35.0 Å². The third kappa shape index (κ3) is 2.79. The average molecular weight is 327 g/mol. The van der Waals surface area contributed by atoms with Crippen molar-refractivity contribution in [2.24, 2.45) is 0 Å². The molecule has 0 aromatic heterocycles. The molecule has 0 bridgehead atoms. The number of hydrogen-bond acceptors (Lipinski definition) is 6. The van der Waals surface area contributed by atoms with Crippen molar-refractivity contribution >= 4 is 17.5 Å². The van der Waals surface area contributed by atoms with Crippen molar-refractivity contribution in [2.75, 3.05) is 13.7 Å². The van der Waals surface area contributed by atoms with Gasteiger partial charge in [0.1, 0.15) is 23.9 Å². The maximum Gasteiger partial charge on any atom is 0.276 e. The van der Waals surface area contributed by atoms with Crippen LogP contribution in [-0.4, -0.2) is 29.5 Å². The van der Waals surface area contributed by atoms with Crippen molar-refractivity contribution in [1.29, 1.82) is 0 Å². The Hall–Kier alpha value is -3.35. The molecule has 7 heteroatoms. The zero-order valence-corrected chi connectivity index (χ0v) is 12.7. The molecule has 1 N–H and O–H groups in total. The van der Waals surface area contributed by atoms with E-state index in [1.54, 1.807) is 18.2 Å². The van der Waals surface area contributed by atoms with Gasteiger partial charge in [-0.3, -0.25) is 14.9 Å². The van der Waals surface area contributed by atoms with Crippen LogP contribution in [0.15, 0.2) is 42.0 Å². The van der Waals surface area contributed by atoms with Gasteiger partial charge in [-0.1, -0.05) is 0 Å². The summed E-state index contributed by atoms with van der Waals surface area (Å²) in [6.45, 7) is -0.00896. The highest BCUT2D eigenvalue weighted by molar-refractivity contribution is 6.14. The largest absolute Gasteiger partial charge is 0.508 e. The fourth-order valence-electron chi connectivity index (χ4n) is 2.45. The Morgan fingerprint density at radius 3 is 2.79 bits per heavy atom. The van der Waals surface area contributed by atoms with Crippen LogP contribution < -0.4 is 9.47 Å². The molecule has 0 saturated heterocycles. The number of phenolic OH excluding ortho intramolecular Hbond substituents is 1. The number of benzene rings is 2.